The number of piperidine rings is 1. The number of amides is 1. The average molecular weight is 329 g/mol. The predicted octanol–water partition coefficient (Wildman–Crippen LogP) is 2.87. The minimum absolute atomic E-state index is 0.247. The Morgan fingerprint density at radius 2 is 2.00 bits per heavy atom. The first-order valence-corrected chi connectivity index (χ1v) is 7.95. The smallest absolute Gasteiger partial charge is 0.254 e. The van der Waals surface area contributed by atoms with E-state index in [1.165, 1.54) is 18.2 Å². The Balaban J connectivity index is 1.76. The molecule has 1 heterocycles. The summed E-state index contributed by atoms with van der Waals surface area (Å²) >= 11 is 0. The van der Waals surface area contributed by atoms with E-state index in [2.05, 4.69) is 0 Å². The van der Waals surface area contributed by atoms with Gasteiger partial charge in [0.05, 0.1) is 6.54 Å². The third kappa shape index (κ3) is 3.57. The van der Waals surface area contributed by atoms with Gasteiger partial charge in [-0.1, -0.05) is 24.3 Å². The van der Waals surface area contributed by atoms with Gasteiger partial charge in [-0.25, -0.2) is 4.39 Å². The molecular formula is C19H20FNO3. The molecule has 0 aliphatic carbocycles. The Bertz CT molecular complexity index is 718. The van der Waals surface area contributed by atoms with Gasteiger partial charge in [-0.2, -0.15) is 0 Å². The first kappa shape index (κ1) is 16.5. The lowest BCUT2D eigenvalue weighted by Gasteiger charge is -2.42. The van der Waals surface area contributed by atoms with Crippen molar-refractivity contribution in [2.45, 2.75) is 25.0 Å². The number of halogens is 1. The number of hydrogen-bond acceptors (Lipinski definition) is 3. The van der Waals surface area contributed by atoms with E-state index < -0.39 is 17.5 Å². The number of para-hydroxylation sites is 1. The Hall–Kier alpha value is -2.40. The molecule has 1 aliphatic heterocycles. The van der Waals surface area contributed by atoms with Crippen LogP contribution in [-0.2, 0) is 0 Å². The number of ether oxygens (including phenoxy) is 1. The van der Waals surface area contributed by atoms with Crippen molar-refractivity contribution < 1.29 is 19.0 Å². The lowest BCUT2D eigenvalue weighted by molar-refractivity contribution is -0.0881. The molecule has 1 N–H and O–H groups in total. The van der Waals surface area contributed by atoms with Crippen LogP contribution >= 0.6 is 0 Å². The van der Waals surface area contributed by atoms with E-state index in [9.17, 15) is 14.3 Å². The molecule has 1 aliphatic rings. The number of benzene rings is 2. The highest BCUT2D eigenvalue weighted by atomic mass is 19.1. The van der Waals surface area contributed by atoms with Crippen molar-refractivity contribution in [1.82, 2.24) is 4.90 Å². The van der Waals surface area contributed by atoms with E-state index in [4.69, 9.17) is 4.74 Å². The van der Waals surface area contributed by atoms with E-state index in [0.717, 1.165) is 0 Å². The quantitative estimate of drug-likeness (QED) is 0.942. The van der Waals surface area contributed by atoms with Gasteiger partial charge in [0.25, 0.3) is 5.91 Å². The van der Waals surface area contributed by atoms with Crippen LogP contribution in [0, 0.1) is 5.82 Å². The van der Waals surface area contributed by atoms with Crippen LogP contribution in [0.25, 0.3) is 0 Å². The van der Waals surface area contributed by atoms with E-state index in [0.29, 0.717) is 24.3 Å². The minimum Gasteiger partial charge on any atom is -0.486 e. The summed E-state index contributed by atoms with van der Waals surface area (Å²) in [5.41, 5.74) is -0.732. The molecule has 5 heteroatoms. The molecule has 24 heavy (non-hydrogen) atoms. The second kappa shape index (κ2) is 6.61. The van der Waals surface area contributed by atoms with Crippen molar-refractivity contribution in [2.75, 3.05) is 13.1 Å². The van der Waals surface area contributed by atoms with E-state index in [1.807, 2.05) is 30.3 Å². The van der Waals surface area contributed by atoms with Crippen LogP contribution in [0.5, 0.6) is 5.75 Å². The van der Waals surface area contributed by atoms with Crippen molar-refractivity contribution in [3.8, 4) is 5.75 Å². The molecule has 0 saturated carbocycles. The molecule has 0 unspecified atom stereocenters. The van der Waals surface area contributed by atoms with E-state index in [1.54, 1.807) is 17.9 Å². The summed E-state index contributed by atoms with van der Waals surface area (Å²) in [5, 5.41) is 10.6. The monoisotopic (exact) mass is 329 g/mol. The largest absolute Gasteiger partial charge is 0.486 e. The van der Waals surface area contributed by atoms with Gasteiger partial charge >= 0.3 is 0 Å². The summed E-state index contributed by atoms with van der Waals surface area (Å²) in [6.07, 6.45) is -0.155. The maximum Gasteiger partial charge on any atom is 0.254 e. The zero-order valence-corrected chi connectivity index (χ0v) is 13.5. The van der Waals surface area contributed by atoms with E-state index >= 15 is 0 Å². The SMILES string of the molecule is C[C@@]1(O)CCN(C(=O)c2cccc(F)c2)C[C@H]1Oc1ccccc1. The fourth-order valence-electron chi connectivity index (χ4n) is 2.83. The van der Waals surface area contributed by atoms with Gasteiger partial charge < -0.3 is 14.7 Å². The van der Waals surface area contributed by atoms with Gasteiger partial charge in [0, 0.05) is 12.1 Å². The second-order valence-corrected chi connectivity index (χ2v) is 6.29. The van der Waals surface area contributed by atoms with Crippen molar-refractivity contribution in [3.63, 3.8) is 0 Å². The highest BCUT2D eigenvalue weighted by Gasteiger charge is 2.41. The number of likely N-dealkylation sites (tertiary alicyclic amines) is 1. The standard InChI is InChI=1S/C19H20FNO3/c1-19(23)10-11-21(18(22)14-6-5-7-15(20)12-14)13-17(19)24-16-8-3-2-4-9-16/h2-9,12,17,23H,10-11,13H2,1H3/t17-,19-/m1/s1. The molecule has 1 fully saturated rings. The highest BCUT2D eigenvalue weighted by molar-refractivity contribution is 5.94. The molecule has 1 amide bonds. The molecule has 2 aromatic carbocycles. The molecule has 0 bridgehead atoms. The molecular weight excluding hydrogens is 309 g/mol. The predicted molar refractivity (Wildman–Crippen MR) is 88.4 cm³/mol. The molecule has 126 valence electrons. The van der Waals surface area contributed by atoms with Gasteiger partial charge in [0.1, 0.15) is 23.3 Å². The van der Waals surface area contributed by atoms with Crippen LogP contribution in [0.4, 0.5) is 4.39 Å². The zero-order valence-electron chi connectivity index (χ0n) is 13.5. The number of nitrogens with zero attached hydrogens (tertiary/aromatic N) is 1. The third-order valence-electron chi connectivity index (χ3n) is 4.35. The lowest BCUT2D eigenvalue weighted by Crippen LogP contribution is -2.57. The Kier molecular flexibility index (Phi) is 4.53. The van der Waals surface area contributed by atoms with Gasteiger partial charge in [-0.15, -0.1) is 0 Å². The van der Waals surface area contributed by atoms with Gasteiger partial charge in [0.15, 0.2) is 0 Å². The number of carbonyl (C=O) groups excluding carboxylic acids is 1. The number of aliphatic hydroxyl groups is 1. The fraction of sp³-hybridized carbons (Fsp3) is 0.316. The topological polar surface area (TPSA) is 49.8 Å². The molecule has 2 atom stereocenters. The van der Waals surface area contributed by atoms with Gasteiger partial charge in [-0.05, 0) is 43.7 Å². The highest BCUT2D eigenvalue weighted by Crippen LogP contribution is 2.27. The Morgan fingerprint density at radius 3 is 2.71 bits per heavy atom. The number of hydrogen-bond donors (Lipinski definition) is 1. The molecule has 1 saturated heterocycles. The molecule has 0 spiro atoms. The van der Waals surface area contributed by atoms with Gasteiger partial charge in [-0.3, -0.25) is 4.79 Å². The van der Waals surface area contributed by atoms with Crippen molar-refractivity contribution in [2.24, 2.45) is 0 Å². The van der Waals surface area contributed by atoms with Crippen LogP contribution in [0.1, 0.15) is 23.7 Å². The lowest BCUT2D eigenvalue weighted by atomic mass is 9.90. The number of carbonyl (C=O) groups is 1. The van der Waals surface area contributed by atoms with Crippen LogP contribution in [0.3, 0.4) is 0 Å². The third-order valence-corrected chi connectivity index (χ3v) is 4.35. The van der Waals surface area contributed by atoms with Gasteiger partial charge in [0.2, 0.25) is 0 Å². The summed E-state index contributed by atoms with van der Waals surface area (Å²) in [4.78, 5) is 14.2. The second-order valence-electron chi connectivity index (χ2n) is 6.29. The number of rotatable bonds is 3. The molecule has 3 rings (SSSR count). The summed E-state index contributed by atoms with van der Waals surface area (Å²) in [6.45, 7) is 2.36. The van der Waals surface area contributed by atoms with Crippen LogP contribution < -0.4 is 4.74 Å². The van der Waals surface area contributed by atoms with Crippen molar-refractivity contribution >= 4 is 5.91 Å². The molecule has 4 nitrogen and oxygen atoms in total. The molecule has 0 aromatic heterocycles. The summed E-state index contributed by atoms with van der Waals surface area (Å²) < 4.78 is 19.2. The summed E-state index contributed by atoms with van der Waals surface area (Å²) in [5.74, 6) is -0.0589. The normalized spacial score (nSPS) is 23.8. The maximum atomic E-state index is 13.3. The molecule has 0 radical (unpaired) electrons. The van der Waals surface area contributed by atoms with Crippen LogP contribution in [0.15, 0.2) is 54.6 Å². The average Bonchev–Trinajstić information content (AvgIpc) is 2.57. The first-order valence-electron chi connectivity index (χ1n) is 7.95. The van der Waals surface area contributed by atoms with Crippen molar-refractivity contribution in [3.05, 3.63) is 66.0 Å². The zero-order chi connectivity index (χ0) is 17.2. The fourth-order valence-corrected chi connectivity index (χ4v) is 2.83. The van der Waals surface area contributed by atoms with E-state index in [-0.39, 0.29) is 12.5 Å². The first-order chi connectivity index (χ1) is 11.5. The summed E-state index contributed by atoms with van der Waals surface area (Å²) in [6, 6.07) is 14.8. The maximum absolute atomic E-state index is 13.3. The van der Waals surface area contributed by atoms with Crippen LogP contribution in [-0.4, -0.2) is 40.7 Å². The molecule has 2 aromatic rings. The Labute approximate surface area is 140 Å². The minimum atomic E-state index is -1.03. The summed E-state index contributed by atoms with van der Waals surface area (Å²) in [7, 11) is 0. The van der Waals surface area contributed by atoms with Crippen LogP contribution in [0.2, 0.25) is 0 Å². The van der Waals surface area contributed by atoms with Crippen molar-refractivity contribution in [1.29, 1.82) is 0 Å². The Morgan fingerprint density at radius 1 is 1.25 bits per heavy atom.